The Morgan fingerprint density at radius 1 is 1.14 bits per heavy atom. The van der Waals surface area contributed by atoms with E-state index < -0.39 is 47.4 Å². The molecular weight excluding hydrogens is 368 g/mol. The standard InChI is InChI=1S/C19H26N2O7/c1-18(2,3)28-17(26)19(20,11-14(22)23)16(25)21-13(15(24)27-4)10-12-8-6-5-7-9-12/h5-9,13H,10-11,20H2,1-4H3,(H,21,25)(H,22,23)/t13-,19-/m0/s1. The van der Waals surface area contributed by atoms with Crippen LogP contribution in [0.15, 0.2) is 30.3 Å². The maximum atomic E-state index is 12.7. The maximum absolute atomic E-state index is 12.7. The van der Waals surface area contributed by atoms with Gasteiger partial charge >= 0.3 is 17.9 Å². The second-order valence-corrected chi connectivity index (χ2v) is 7.28. The molecule has 1 amide bonds. The Kier molecular flexibility index (Phi) is 7.69. The predicted molar refractivity (Wildman–Crippen MR) is 99.1 cm³/mol. The largest absolute Gasteiger partial charge is 0.481 e. The average Bonchev–Trinajstić information content (AvgIpc) is 2.59. The van der Waals surface area contributed by atoms with E-state index in [4.69, 9.17) is 20.3 Å². The molecule has 0 spiro atoms. The number of carboxylic acids is 1. The van der Waals surface area contributed by atoms with Crippen LogP contribution in [0.4, 0.5) is 0 Å². The van der Waals surface area contributed by atoms with Gasteiger partial charge in [0.1, 0.15) is 11.6 Å². The number of benzene rings is 1. The molecule has 0 saturated heterocycles. The van der Waals surface area contributed by atoms with Crippen molar-refractivity contribution in [2.45, 2.75) is 50.8 Å². The zero-order chi connectivity index (χ0) is 21.5. The average molecular weight is 394 g/mol. The Balaban J connectivity index is 3.12. The molecule has 9 heteroatoms. The van der Waals surface area contributed by atoms with Crippen molar-refractivity contribution in [1.29, 1.82) is 0 Å². The smallest absolute Gasteiger partial charge is 0.337 e. The normalized spacial score (nSPS) is 14.3. The molecule has 0 radical (unpaired) electrons. The molecule has 4 N–H and O–H groups in total. The van der Waals surface area contributed by atoms with Gasteiger partial charge in [-0.1, -0.05) is 30.3 Å². The number of ether oxygens (including phenoxy) is 2. The highest BCUT2D eigenvalue weighted by Gasteiger charge is 2.48. The molecule has 154 valence electrons. The highest BCUT2D eigenvalue weighted by molar-refractivity contribution is 6.10. The predicted octanol–water partition coefficient (Wildman–Crippen LogP) is 0.401. The van der Waals surface area contributed by atoms with Gasteiger partial charge in [0.2, 0.25) is 5.54 Å². The number of amides is 1. The van der Waals surface area contributed by atoms with E-state index in [9.17, 15) is 19.2 Å². The van der Waals surface area contributed by atoms with E-state index in [1.807, 2.05) is 0 Å². The van der Waals surface area contributed by atoms with Gasteiger partial charge in [0.15, 0.2) is 0 Å². The van der Waals surface area contributed by atoms with Gasteiger partial charge in [-0.15, -0.1) is 0 Å². The molecule has 0 unspecified atom stereocenters. The molecule has 0 saturated carbocycles. The number of methoxy groups -OCH3 is 1. The monoisotopic (exact) mass is 394 g/mol. The van der Waals surface area contributed by atoms with Crippen LogP contribution in [-0.4, -0.2) is 53.2 Å². The number of nitrogens with two attached hydrogens (primary N) is 1. The van der Waals surface area contributed by atoms with Gasteiger partial charge in [-0.25, -0.2) is 9.59 Å². The van der Waals surface area contributed by atoms with Crippen LogP contribution in [0.2, 0.25) is 0 Å². The lowest BCUT2D eigenvalue weighted by atomic mass is 9.94. The summed E-state index contributed by atoms with van der Waals surface area (Å²) in [7, 11) is 1.15. The van der Waals surface area contributed by atoms with Crippen molar-refractivity contribution in [3.63, 3.8) is 0 Å². The first-order valence-electron chi connectivity index (χ1n) is 8.56. The van der Waals surface area contributed by atoms with Gasteiger partial charge in [-0.2, -0.15) is 0 Å². The number of hydrogen-bond donors (Lipinski definition) is 3. The van der Waals surface area contributed by atoms with Crippen LogP contribution in [0.1, 0.15) is 32.8 Å². The van der Waals surface area contributed by atoms with E-state index in [1.165, 1.54) is 0 Å². The number of nitrogens with one attached hydrogen (secondary N) is 1. The summed E-state index contributed by atoms with van der Waals surface area (Å²) in [5.41, 5.74) is 3.07. The number of aliphatic carboxylic acids is 1. The molecule has 0 aromatic heterocycles. The number of carboxylic acid groups (broad SMARTS) is 1. The van der Waals surface area contributed by atoms with Crippen LogP contribution in [0.3, 0.4) is 0 Å². The van der Waals surface area contributed by atoms with Crippen LogP contribution in [0, 0.1) is 0 Å². The summed E-state index contributed by atoms with van der Waals surface area (Å²) >= 11 is 0. The highest BCUT2D eigenvalue weighted by atomic mass is 16.6. The Bertz CT molecular complexity index is 728. The summed E-state index contributed by atoms with van der Waals surface area (Å²) in [6.45, 7) is 4.66. The first-order valence-corrected chi connectivity index (χ1v) is 8.56. The van der Waals surface area contributed by atoms with Crippen molar-refractivity contribution in [2.24, 2.45) is 5.73 Å². The summed E-state index contributed by atoms with van der Waals surface area (Å²) in [5, 5.41) is 11.4. The highest BCUT2D eigenvalue weighted by Crippen LogP contribution is 2.17. The molecule has 0 aliphatic heterocycles. The summed E-state index contributed by atoms with van der Waals surface area (Å²) in [5.74, 6) is -4.58. The van der Waals surface area contributed by atoms with E-state index in [0.29, 0.717) is 0 Å². The van der Waals surface area contributed by atoms with E-state index in [1.54, 1.807) is 51.1 Å². The minimum absolute atomic E-state index is 0.0662. The maximum Gasteiger partial charge on any atom is 0.337 e. The molecular formula is C19H26N2O7. The van der Waals surface area contributed by atoms with E-state index in [0.717, 1.165) is 12.7 Å². The first kappa shape index (κ1) is 23.1. The van der Waals surface area contributed by atoms with Gasteiger partial charge in [-0.3, -0.25) is 9.59 Å². The second kappa shape index (κ2) is 9.32. The van der Waals surface area contributed by atoms with E-state index in [2.05, 4.69) is 5.32 Å². The number of carbonyl (C=O) groups is 4. The summed E-state index contributed by atoms with van der Waals surface area (Å²) < 4.78 is 9.80. The van der Waals surface area contributed by atoms with Crippen LogP contribution in [0.25, 0.3) is 0 Å². The van der Waals surface area contributed by atoms with Crippen LogP contribution < -0.4 is 11.1 Å². The summed E-state index contributed by atoms with van der Waals surface area (Å²) in [4.78, 5) is 48.5. The van der Waals surface area contributed by atoms with Crippen molar-refractivity contribution in [2.75, 3.05) is 7.11 Å². The van der Waals surface area contributed by atoms with Crippen molar-refractivity contribution in [1.82, 2.24) is 5.32 Å². The van der Waals surface area contributed by atoms with E-state index in [-0.39, 0.29) is 6.42 Å². The SMILES string of the molecule is COC(=O)[C@H](Cc1ccccc1)NC(=O)[C@@](N)(CC(=O)O)C(=O)OC(C)(C)C. The molecule has 0 heterocycles. The Morgan fingerprint density at radius 2 is 1.71 bits per heavy atom. The van der Waals surface area contributed by atoms with Crippen molar-refractivity contribution >= 4 is 23.8 Å². The van der Waals surface area contributed by atoms with Gasteiger partial charge in [0.25, 0.3) is 5.91 Å². The van der Waals surface area contributed by atoms with Crippen LogP contribution >= 0.6 is 0 Å². The lowest BCUT2D eigenvalue weighted by molar-refractivity contribution is -0.168. The summed E-state index contributed by atoms with van der Waals surface area (Å²) in [6.07, 6.45) is -0.941. The zero-order valence-corrected chi connectivity index (χ0v) is 16.4. The third-order valence-corrected chi connectivity index (χ3v) is 3.67. The minimum Gasteiger partial charge on any atom is -0.481 e. The van der Waals surface area contributed by atoms with Crippen molar-refractivity contribution < 1.29 is 33.8 Å². The number of carbonyl (C=O) groups excluding carboxylic acids is 3. The Morgan fingerprint density at radius 3 is 2.18 bits per heavy atom. The quantitative estimate of drug-likeness (QED) is 0.424. The third kappa shape index (κ3) is 6.66. The number of rotatable bonds is 8. The molecule has 1 aromatic rings. The fourth-order valence-electron chi connectivity index (χ4n) is 2.33. The minimum atomic E-state index is -2.51. The Hall–Kier alpha value is -2.94. The lowest BCUT2D eigenvalue weighted by Crippen LogP contribution is -2.64. The van der Waals surface area contributed by atoms with Crippen LogP contribution in [0.5, 0.6) is 0 Å². The molecule has 0 bridgehead atoms. The Labute approximate surface area is 163 Å². The lowest BCUT2D eigenvalue weighted by Gasteiger charge is -2.30. The number of esters is 2. The fraction of sp³-hybridized carbons (Fsp3) is 0.474. The molecule has 0 aliphatic carbocycles. The topological polar surface area (TPSA) is 145 Å². The third-order valence-electron chi connectivity index (χ3n) is 3.67. The van der Waals surface area contributed by atoms with Gasteiger partial charge in [0.05, 0.1) is 13.5 Å². The fourth-order valence-corrected chi connectivity index (χ4v) is 2.33. The van der Waals surface area contributed by atoms with Crippen molar-refractivity contribution in [3.05, 3.63) is 35.9 Å². The summed E-state index contributed by atoms with van der Waals surface area (Å²) in [6, 6.07) is 7.61. The number of hydrogen-bond acceptors (Lipinski definition) is 7. The van der Waals surface area contributed by atoms with E-state index >= 15 is 0 Å². The molecule has 28 heavy (non-hydrogen) atoms. The zero-order valence-electron chi connectivity index (χ0n) is 16.4. The van der Waals surface area contributed by atoms with Crippen LogP contribution in [-0.2, 0) is 35.1 Å². The first-order chi connectivity index (χ1) is 12.9. The molecule has 2 atom stereocenters. The molecule has 0 aliphatic rings. The molecule has 0 fully saturated rings. The van der Waals surface area contributed by atoms with Crippen molar-refractivity contribution in [3.8, 4) is 0 Å². The second-order valence-electron chi connectivity index (χ2n) is 7.28. The van der Waals surface area contributed by atoms with Gasteiger partial charge in [-0.05, 0) is 26.3 Å². The van der Waals surface area contributed by atoms with Gasteiger partial charge in [0, 0.05) is 6.42 Å². The molecule has 1 rings (SSSR count). The molecule has 9 nitrogen and oxygen atoms in total. The molecule has 1 aromatic carbocycles. The van der Waals surface area contributed by atoms with Gasteiger partial charge < -0.3 is 25.6 Å².